The fraction of sp³-hybridized carbons (Fsp3) is 0.923. The van der Waals surface area contributed by atoms with Gasteiger partial charge in [0.05, 0.1) is 12.5 Å². The molecule has 4 nitrogen and oxygen atoms in total. The topological polar surface area (TPSA) is 60.8 Å². The van der Waals surface area contributed by atoms with Crippen LogP contribution in [0.3, 0.4) is 0 Å². The summed E-state index contributed by atoms with van der Waals surface area (Å²) < 4.78 is 0. The highest BCUT2D eigenvalue weighted by molar-refractivity contribution is 5.68. The standard InChI is InChI=1S/C13H25NO3/c1-11(15)6-9-14(2)13(10-12(16)17)7-4-3-5-8-13/h11,15H,3-10H2,1-2H3,(H,16,17). The molecule has 2 N–H and O–H groups in total. The Hall–Kier alpha value is -0.610. The van der Waals surface area contributed by atoms with Crippen LogP contribution in [-0.4, -0.2) is 46.3 Å². The molecule has 0 spiro atoms. The van der Waals surface area contributed by atoms with E-state index in [-0.39, 0.29) is 18.1 Å². The zero-order valence-electron chi connectivity index (χ0n) is 11.0. The van der Waals surface area contributed by atoms with E-state index < -0.39 is 5.97 Å². The first-order chi connectivity index (χ1) is 7.96. The van der Waals surface area contributed by atoms with E-state index in [2.05, 4.69) is 4.90 Å². The number of carbonyl (C=O) groups is 1. The molecule has 17 heavy (non-hydrogen) atoms. The van der Waals surface area contributed by atoms with Crippen LogP contribution in [0.15, 0.2) is 0 Å². The molecule has 0 aromatic carbocycles. The van der Waals surface area contributed by atoms with E-state index in [4.69, 9.17) is 5.11 Å². The lowest BCUT2D eigenvalue weighted by molar-refractivity contribution is -0.141. The molecule has 1 atom stereocenters. The van der Waals surface area contributed by atoms with Gasteiger partial charge < -0.3 is 15.1 Å². The Labute approximate surface area is 104 Å². The summed E-state index contributed by atoms with van der Waals surface area (Å²) in [6.45, 7) is 2.55. The van der Waals surface area contributed by atoms with Gasteiger partial charge in [0.15, 0.2) is 0 Å². The summed E-state index contributed by atoms with van der Waals surface area (Å²) in [5.74, 6) is -0.712. The van der Waals surface area contributed by atoms with Gasteiger partial charge in [-0.1, -0.05) is 19.3 Å². The van der Waals surface area contributed by atoms with E-state index in [1.165, 1.54) is 6.42 Å². The highest BCUT2D eigenvalue weighted by atomic mass is 16.4. The highest BCUT2D eigenvalue weighted by Crippen LogP contribution is 2.35. The molecule has 1 unspecified atom stereocenters. The van der Waals surface area contributed by atoms with Crippen LogP contribution in [0.4, 0.5) is 0 Å². The second kappa shape index (κ2) is 6.36. The summed E-state index contributed by atoms with van der Waals surface area (Å²) in [5, 5.41) is 18.4. The fourth-order valence-corrected chi connectivity index (χ4v) is 2.80. The Kier molecular flexibility index (Phi) is 5.40. The van der Waals surface area contributed by atoms with Crippen LogP contribution in [0.1, 0.15) is 51.9 Å². The van der Waals surface area contributed by atoms with Gasteiger partial charge in [-0.05, 0) is 33.2 Å². The van der Waals surface area contributed by atoms with Crippen molar-refractivity contribution in [2.75, 3.05) is 13.6 Å². The molecule has 0 radical (unpaired) electrons. The second-order valence-corrected chi connectivity index (χ2v) is 5.41. The largest absolute Gasteiger partial charge is 0.481 e. The van der Waals surface area contributed by atoms with Crippen LogP contribution < -0.4 is 0 Å². The van der Waals surface area contributed by atoms with E-state index >= 15 is 0 Å². The molecule has 4 heteroatoms. The van der Waals surface area contributed by atoms with Gasteiger partial charge in [0.25, 0.3) is 0 Å². The molecule has 1 rings (SSSR count). The third kappa shape index (κ3) is 4.28. The maximum absolute atomic E-state index is 11.0. The number of aliphatic hydroxyl groups excluding tert-OH is 1. The predicted molar refractivity (Wildman–Crippen MR) is 67.0 cm³/mol. The monoisotopic (exact) mass is 243 g/mol. The number of carboxylic acid groups (broad SMARTS) is 1. The van der Waals surface area contributed by atoms with Gasteiger partial charge in [0.1, 0.15) is 0 Å². The molecule has 1 aliphatic carbocycles. The molecule has 0 heterocycles. The van der Waals surface area contributed by atoms with Crippen LogP contribution in [-0.2, 0) is 4.79 Å². The second-order valence-electron chi connectivity index (χ2n) is 5.41. The van der Waals surface area contributed by atoms with Gasteiger partial charge in [0.2, 0.25) is 0 Å². The SMILES string of the molecule is CC(O)CCN(C)C1(CC(=O)O)CCCCC1. The lowest BCUT2D eigenvalue weighted by Crippen LogP contribution is -2.50. The Morgan fingerprint density at radius 3 is 2.41 bits per heavy atom. The summed E-state index contributed by atoms with van der Waals surface area (Å²) in [6, 6.07) is 0. The van der Waals surface area contributed by atoms with E-state index in [0.717, 1.165) is 32.2 Å². The van der Waals surface area contributed by atoms with Gasteiger partial charge in [-0.3, -0.25) is 4.79 Å². The van der Waals surface area contributed by atoms with Crippen molar-refractivity contribution in [1.82, 2.24) is 4.90 Å². The normalized spacial score (nSPS) is 21.4. The first-order valence-corrected chi connectivity index (χ1v) is 6.57. The minimum Gasteiger partial charge on any atom is -0.481 e. The molecular formula is C13H25NO3. The van der Waals surface area contributed by atoms with Crippen molar-refractivity contribution < 1.29 is 15.0 Å². The zero-order chi connectivity index (χ0) is 12.9. The molecule has 0 amide bonds. The van der Waals surface area contributed by atoms with Crippen molar-refractivity contribution in [3.05, 3.63) is 0 Å². The summed E-state index contributed by atoms with van der Waals surface area (Å²) in [6.07, 6.45) is 6.00. The van der Waals surface area contributed by atoms with E-state index in [1.54, 1.807) is 6.92 Å². The highest BCUT2D eigenvalue weighted by Gasteiger charge is 2.37. The maximum Gasteiger partial charge on any atom is 0.305 e. The molecule has 0 aromatic rings. The van der Waals surface area contributed by atoms with Crippen molar-refractivity contribution in [2.24, 2.45) is 0 Å². The number of rotatable bonds is 6. The number of hydrogen-bond donors (Lipinski definition) is 2. The Bertz CT molecular complexity index is 247. The Balaban J connectivity index is 2.63. The first-order valence-electron chi connectivity index (χ1n) is 6.57. The number of aliphatic hydroxyl groups is 1. The molecule has 1 fully saturated rings. The molecule has 0 bridgehead atoms. The summed E-state index contributed by atoms with van der Waals surface area (Å²) in [4.78, 5) is 13.2. The Morgan fingerprint density at radius 2 is 1.94 bits per heavy atom. The average Bonchev–Trinajstić information content (AvgIpc) is 2.26. The predicted octanol–water partition coefficient (Wildman–Crippen LogP) is 1.87. The smallest absolute Gasteiger partial charge is 0.305 e. The van der Waals surface area contributed by atoms with Crippen molar-refractivity contribution in [1.29, 1.82) is 0 Å². The van der Waals surface area contributed by atoms with E-state index in [0.29, 0.717) is 6.42 Å². The quantitative estimate of drug-likeness (QED) is 0.747. The van der Waals surface area contributed by atoms with Crippen molar-refractivity contribution in [3.8, 4) is 0 Å². The minimum absolute atomic E-state index is 0.182. The Morgan fingerprint density at radius 1 is 1.35 bits per heavy atom. The van der Waals surface area contributed by atoms with E-state index in [9.17, 15) is 9.90 Å². The first kappa shape index (κ1) is 14.5. The van der Waals surface area contributed by atoms with Crippen LogP contribution >= 0.6 is 0 Å². The lowest BCUT2D eigenvalue weighted by atomic mass is 9.78. The molecule has 0 aromatic heterocycles. The lowest BCUT2D eigenvalue weighted by Gasteiger charge is -2.44. The molecule has 0 aliphatic heterocycles. The molecular weight excluding hydrogens is 218 g/mol. The zero-order valence-corrected chi connectivity index (χ0v) is 11.0. The number of carboxylic acids is 1. The third-order valence-corrected chi connectivity index (χ3v) is 3.96. The van der Waals surface area contributed by atoms with E-state index in [1.807, 2.05) is 7.05 Å². The van der Waals surface area contributed by atoms with Crippen LogP contribution in [0, 0.1) is 0 Å². The molecule has 0 saturated heterocycles. The fourth-order valence-electron chi connectivity index (χ4n) is 2.80. The number of nitrogens with zero attached hydrogens (tertiary/aromatic N) is 1. The average molecular weight is 243 g/mol. The minimum atomic E-state index is -0.712. The van der Waals surface area contributed by atoms with Crippen LogP contribution in [0.25, 0.3) is 0 Å². The molecule has 1 aliphatic rings. The van der Waals surface area contributed by atoms with Gasteiger partial charge >= 0.3 is 5.97 Å². The summed E-state index contributed by atoms with van der Waals surface area (Å²) in [5.41, 5.74) is -0.182. The summed E-state index contributed by atoms with van der Waals surface area (Å²) in [7, 11) is 2.00. The van der Waals surface area contributed by atoms with Crippen molar-refractivity contribution >= 4 is 5.97 Å². The number of aliphatic carboxylic acids is 1. The van der Waals surface area contributed by atoms with Gasteiger partial charge in [-0.15, -0.1) is 0 Å². The van der Waals surface area contributed by atoms with Crippen LogP contribution in [0.2, 0.25) is 0 Å². The van der Waals surface area contributed by atoms with Crippen molar-refractivity contribution in [3.63, 3.8) is 0 Å². The van der Waals surface area contributed by atoms with Gasteiger partial charge in [-0.25, -0.2) is 0 Å². The maximum atomic E-state index is 11.0. The number of hydrogen-bond acceptors (Lipinski definition) is 3. The molecule has 1 saturated carbocycles. The van der Waals surface area contributed by atoms with Gasteiger partial charge in [0, 0.05) is 12.1 Å². The third-order valence-electron chi connectivity index (χ3n) is 3.96. The molecule has 100 valence electrons. The summed E-state index contributed by atoms with van der Waals surface area (Å²) >= 11 is 0. The van der Waals surface area contributed by atoms with Crippen molar-refractivity contribution in [2.45, 2.75) is 63.5 Å². The van der Waals surface area contributed by atoms with Crippen LogP contribution in [0.5, 0.6) is 0 Å². The van der Waals surface area contributed by atoms with Gasteiger partial charge in [-0.2, -0.15) is 0 Å².